The first-order chi connectivity index (χ1) is 23.1. The number of hydrogen-bond acceptors (Lipinski definition) is 9. The van der Waals surface area contributed by atoms with Crippen molar-refractivity contribution in [3.05, 3.63) is 70.8 Å². The highest BCUT2D eigenvalue weighted by Crippen LogP contribution is 2.34. The first kappa shape index (κ1) is 35.4. The Morgan fingerprint density at radius 2 is 1.86 bits per heavy atom. The second kappa shape index (κ2) is 13.9. The molecular weight excluding hydrogens is 648 g/mol. The molecule has 0 fully saturated rings. The SMILES string of the molecule is CCOC(=O)c1ncn2c(NCc3c(F)ccc4c3CCO4)ncc(-c3ccc(C(C)C)nc3CN(CC(F)(F)F)C(=O)OC(C)(C)C)c12. The maximum absolute atomic E-state index is 14.9. The van der Waals surface area contributed by atoms with E-state index in [0.717, 1.165) is 5.56 Å². The number of hydrogen-bond donors (Lipinski definition) is 1. The van der Waals surface area contributed by atoms with E-state index in [2.05, 4.69) is 20.3 Å². The monoisotopic (exact) mass is 686 g/mol. The molecule has 0 saturated heterocycles. The van der Waals surface area contributed by atoms with Crippen LogP contribution in [0.15, 0.2) is 36.8 Å². The molecule has 0 unspecified atom stereocenters. The number of benzene rings is 1. The number of pyridine rings is 1. The minimum absolute atomic E-state index is 0.0327. The second-order valence-corrected chi connectivity index (χ2v) is 12.8. The van der Waals surface area contributed by atoms with E-state index in [1.165, 1.54) is 23.0 Å². The van der Waals surface area contributed by atoms with Crippen LogP contribution in [-0.2, 0) is 29.0 Å². The van der Waals surface area contributed by atoms with Crippen LogP contribution in [0.25, 0.3) is 16.6 Å². The third kappa shape index (κ3) is 8.03. The van der Waals surface area contributed by atoms with E-state index in [1.807, 2.05) is 13.8 Å². The highest BCUT2D eigenvalue weighted by atomic mass is 19.4. The predicted molar refractivity (Wildman–Crippen MR) is 172 cm³/mol. The van der Waals surface area contributed by atoms with Gasteiger partial charge in [0.15, 0.2) is 5.69 Å². The molecule has 1 aliphatic rings. The lowest BCUT2D eigenvalue weighted by Crippen LogP contribution is -2.42. The molecule has 1 aromatic carbocycles. The Labute approximate surface area is 280 Å². The van der Waals surface area contributed by atoms with E-state index in [1.54, 1.807) is 45.9 Å². The summed E-state index contributed by atoms with van der Waals surface area (Å²) in [5.41, 5.74) is 1.51. The molecule has 3 aromatic heterocycles. The van der Waals surface area contributed by atoms with E-state index in [-0.39, 0.29) is 41.9 Å². The summed E-state index contributed by atoms with van der Waals surface area (Å²) < 4.78 is 73.9. The molecule has 262 valence electrons. The van der Waals surface area contributed by atoms with Crippen LogP contribution in [0.3, 0.4) is 0 Å². The first-order valence-electron chi connectivity index (χ1n) is 15.8. The van der Waals surface area contributed by atoms with E-state index in [0.29, 0.717) is 46.1 Å². The molecule has 49 heavy (non-hydrogen) atoms. The van der Waals surface area contributed by atoms with Gasteiger partial charge in [0.2, 0.25) is 5.95 Å². The van der Waals surface area contributed by atoms with Crippen molar-refractivity contribution in [1.82, 2.24) is 24.3 Å². The van der Waals surface area contributed by atoms with Gasteiger partial charge in [-0.3, -0.25) is 14.3 Å². The van der Waals surface area contributed by atoms with Crippen molar-refractivity contribution >= 4 is 23.5 Å². The fraction of sp³-hybridized carbons (Fsp3) is 0.441. The van der Waals surface area contributed by atoms with Crippen LogP contribution in [0.1, 0.15) is 80.5 Å². The number of rotatable bonds is 10. The average Bonchev–Trinajstić information content (AvgIpc) is 3.67. The molecule has 1 amide bonds. The smallest absolute Gasteiger partial charge is 0.410 e. The van der Waals surface area contributed by atoms with Gasteiger partial charge in [-0.25, -0.2) is 23.9 Å². The normalized spacial score (nSPS) is 13.0. The summed E-state index contributed by atoms with van der Waals surface area (Å²) >= 11 is 0. The number of imidazole rings is 1. The number of carbonyl (C=O) groups excluding carboxylic acids is 2. The number of fused-ring (bicyclic) bond motifs is 2. The standard InChI is InChI=1S/C34H38F4N6O5/c1-7-47-30(45)28-29-23(15-40-31(44(29)18-41-28)39-14-22-21-12-13-48-27(21)11-9-24(22)35)20-8-10-25(19(2)3)42-26(20)16-43(17-34(36,37)38)32(46)49-33(4,5)6/h8-11,15,18-19H,7,12-14,16-17H2,1-6H3,(H,39,40). The van der Waals surface area contributed by atoms with Crippen LogP contribution >= 0.6 is 0 Å². The molecule has 0 bridgehead atoms. The number of esters is 1. The topological polar surface area (TPSA) is 120 Å². The number of anilines is 1. The zero-order chi connectivity index (χ0) is 35.7. The molecule has 0 radical (unpaired) electrons. The molecular formula is C34H38F4N6O5. The highest BCUT2D eigenvalue weighted by molar-refractivity contribution is 6.00. The highest BCUT2D eigenvalue weighted by Gasteiger charge is 2.36. The minimum atomic E-state index is -4.73. The average molecular weight is 687 g/mol. The number of aromatic nitrogens is 4. The van der Waals surface area contributed by atoms with Gasteiger partial charge in [0.25, 0.3) is 0 Å². The van der Waals surface area contributed by atoms with E-state index >= 15 is 0 Å². The Bertz CT molecular complexity index is 1870. The van der Waals surface area contributed by atoms with Gasteiger partial charge in [0, 0.05) is 47.1 Å². The molecule has 11 nitrogen and oxygen atoms in total. The number of alkyl halides is 3. The minimum Gasteiger partial charge on any atom is -0.493 e. The second-order valence-electron chi connectivity index (χ2n) is 12.8. The summed E-state index contributed by atoms with van der Waals surface area (Å²) in [5.74, 6) is -0.455. The fourth-order valence-corrected chi connectivity index (χ4v) is 5.48. The van der Waals surface area contributed by atoms with Gasteiger partial charge >= 0.3 is 18.2 Å². The van der Waals surface area contributed by atoms with Gasteiger partial charge in [-0.15, -0.1) is 0 Å². The van der Waals surface area contributed by atoms with Crippen molar-refractivity contribution in [2.24, 2.45) is 0 Å². The van der Waals surface area contributed by atoms with Gasteiger partial charge in [-0.1, -0.05) is 19.9 Å². The summed E-state index contributed by atoms with van der Waals surface area (Å²) in [6, 6.07) is 6.29. The molecule has 1 aliphatic heterocycles. The first-order valence-corrected chi connectivity index (χ1v) is 15.8. The molecule has 15 heteroatoms. The maximum atomic E-state index is 14.9. The zero-order valence-electron chi connectivity index (χ0n) is 28.1. The quantitative estimate of drug-likeness (QED) is 0.138. The molecule has 5 rings (SSSR count). The molecule has 4 aromatic rings. The van der Waals surface area contributed by atoms with Crippen LogP contribution in [0.4, 0.5) is 28.3 Å². The molecule has 0 saturated carbocycles. The summed E-state index contributed by atoms with van der Waals surface area (Å²) in [6.07, 6.45) is -2.59. The van der Waals surface area contributed by atoms with Crippen molar-refractivity contribution in [2.75, 3.05) is 25.1 Å². The van der Waals surface area contributed by atoms with Crippen LogP contribution in [0, 0.1) is 5.82 Å². The summed E-state index contributed by atoms with van der Waals surface area (Å²) in [4.78, 5) is 40.3. The third-order valence-electron chi connectivity index (χ3n) is 7.64. The molecule has 0 atom stereocenters. The van der Waals surface area contributed by atoms with Crippen LogP contribution in [0.5, 0.6) is 5.75 Å². The number of ether oxygens (including phenoxy) is 3. The van der Waals surface area contributed by atoms with Gasteiger partial charge < -0.3 is 19.5 Å². The number of nitrogens with one attached hydrogen (secondary N) is 1. The van der Waals surface area contributed by atoms with Gasteiger partial charge in [0.05, 0.1) is 31.0 Å². The van der Waals surface area contributed by atoms with Crippen molar-refractivity contribution in [1.29, 1.82) is 0 Å². The lowest BCUT2D eigenvalue weighted by molar-refractivity contribution is -0.145. The van der Waals surface area contributed by atoms with E-state index in [4.69, 9.17) is 14.2 Å². The Kier molecular flexibility index (Phi) is 10.0. The maximum Gasteiger partial charge on any atom is 0.410 e. The van der Waals surface area contributed by atoms with Gasteiger partial charge in [-0.05, 0) is 51.8 Å². The van der Waals surface area contributed by atoms with Gasteiger partial charge in [-0.2, -0.15) is 13.2 Å². The summed E-state index contributed by atoms with van der Waals surface area (Å²) in [6.45, 7) is 8.43. The summed E-state index contributed by atoms with van der Waals surface area (Å²) in [7, 11) is 0. The lowest BCUT2D eigenvalue weighted by atomic mass is 10.0. The molecule has 1 N–H and O–H groups in total. The van der Waals surface area contributed by atoms with Crippen molar-refractivity contribution < 1.29 is 41.4 Å². The van der Waals surface area contributed by atoms with E-state index in [9.17, 15) is 27.2 Å². The van der Waals surface area contributed by atoms with Gasteiger partial charge in [0.1, 0.15) is 30.0 Å². The summed E-state index contributed by atoms with van der Waals surface area (Å²) in [5, 5.41) is 3.12. The zero-order valence-corrected chi connectivity index (χ0v) is 28.1. The fourth-order valence-electron chi connectivity index (χ4n) is 5.48. The van der Waals surface area contributed by atoms with Crippen LogP contribution in [-0.4, -0.2) is 67.9 Å². The third-order valence-corrected chi connectivity index (χ3v) is 7.64. The van der Waals surface area contributed by atoms with Crippen LogP contribution in [0.2, 0.25) is 0 Å². The predicted octanol–water partition coefficient (Wildman–Crippen LogP) is 7.08. The molecule has 4 heterocycles. The van der Waals surface area contributed by atoms with Crippen LogP contribution < -0.4 is 10.1 Å². The lowest BCUT2D eigenvalue weighted by Gasteiger charge is -2.28. The largest absolute Gasteiger partial charge is 0.493 e. The molecule has 0 spiro atoms. The number of halogens is 4. The Hall–Kier alpha value is -4.95. The Morgan fingerprint density at radius 1 is 1.10 bits per heavy atom. The van der Waals surface area contributed by atoms with E-state index < -0.39 is 42.7 Å². The van der Waals surface area contributed by atoms with Crippen molar-refractivity contribution in [3.8, 4) is 16.9 Å². The Balaban J connectivity index is 1.63. The molecule has 0 aliphatic carbocycles. The number of amides is 1. The van der Waals surface area contributed by atoms with Crippen molar-refractivity contribution in [2.45, 2.75) is 78.7 Å². The number of carbonyl (C=O) groups is 2. The van der Waals surface area contributed by atoms with Crippen molar-refractivity contribution in [3.63, 3.8) is 0 Å². The Morgan fingerprint density at radius 3 is 2.53 bits per heavy atom. The number of nitrogens with zero attached hydrogens (tertiary/aromatic N) is 5.